The molecule has 7 nitrogen and oxygen atoms in total. The van der Waals surface area contributed by atoms with Gasteiger partial charge < -0.3 is 19.8 Å². The zero-order valence-electron chi connectivity index (χ0n) is 15.2. The first kappa shape index (κ1) is 17.1. The molecule has 2 heterocycles. The SMILES string of the molecule is COC(=O)c1cc2c(NCCC3=CCc4ccc(OC)cc43)ncnc2[nH]1. The molecule has 0 saturated heterocycles. The van der Waals surface area contributed by atoms with Gasteiger partial charge in [0.15, 0.2) is 0 Å². The Morgan fingerprint density at radius 1 is 1.26 bits per heavy atom. The van der Waals surface area contributed by atoms with E-state index in [1.165, 1.54) is 30.1 Å². The zero-order chi connectivity index (χ0) is 18.8. The molecule has 0 saturated carbocycles. The second-order valence-corrected chi connectivity index (χ2v) is 6.29. The topological polar surface area (TPSA) is 89.1 Å². The van der Waals surface area contributed by atoms with Crippen molar-refractivity contribution in [3.8, 4) is 5.75 Å². The van der Waals surface area contributed by atoms with Crippen LogP contribution in [-0.2, 0) is 11.2 Å². The molecule has 0 unspecified atom stereocenters. The first-order valence-electron chi connectivity index (χ1n) is 8.72. The summed E-state index contributed by atoms with van der Waals surface area (Å²) in [5, 5.41) is 4.11. The molecule has 7 heteroatoms. The number of benzene rings is 1. The molecule has 4 rings (SSSR count). The van der Waals surface area contributed by atoms with Crippen LogP contribution in [0.1, 0.15) is 28.0 Å². The van der Waals surface area contributed by atoms with Gasteiger partial charge in [0, 0.05) is 6.54 Å². The van der Waals surface area contributed by atoms with Gasteiger partial charge in [-0.15, -0.1) is 0 Å². The van der Waals surface area contributed by atoms with E-state index in [1.807, 2.05) is 6.07 Å². The second-order valence-electron chi connectivity index (χ2n) is 6.29. The predicted molar refractivity (Wildman–Crippen MR) is 103 cm³/mol. The Morgan fingerprint density at radius 2 is 2.15 bits per heavy atom. The Labute approximate surface area is 156 Å². The molecule has 27 heavy (non-hydrogen) atoms. The highest BCUT2D eigenvalue weighted by atomic mass is 16.5. The van der Waals surface area contributed by atoms with E-state index in [1.54, 1.807) is 13.2 Å². The highest BCUT2D eigenvalue weighted by Crippen LogP contribution is 2.32. The molecule has 0 radical (unpaired) electrons. The number of esters is 1. The number of rotatable bonds is 6. The average Bonchev–Trinajstić information content (AvgIpc) is 3.31. The summed E-state index contributed by atoms with van der Waals surface area (Å²) in [6, 6.07) is 7.91. The first-order chi connectivity index (χ1) is 13.2. The molecule has 138 valence electrons. The summed E-state index contributed by atoms with van der Waals surface area (Å²) >= 11 is 0. The summed E-state index contributed by atoms with van der Waals surface area (Å²) in [5.41, 5.74) is 4.83. The second kappa shape index (κ2) is 7.11. The maximum atomic E-state index is 11.7. The molecule has 0 atom stereocenters. The number of aromatic amines is 1. The first-order valence-corrected chi connectivity index (χ1v) is 8.72. The van der Waals surface area contributed by atoms with Gasteiger partial charge in [0.2, 0.25) is 0 Å². The summed E-state index contributed by atoms with van der Waals surface area (Å²) in [6.45, 7) is 0.716. The largest absolute Gasteiger partial charge is 0.497 e. The van der Waals surface area contributed by atoms with E-state index < -0.39 is 5.97 Å². The lowest BCUT2D eigenvalue weighted by molar-refractivity contribution is 0.0595. The van der Waals surface area contributed by atoms with Crippen LogP contribution in [-0.4, -0.2) is 41.7 Å². The van der Waals surface area contributed by atoms with E-state index >= 15 is 0 Å². The number of fused-ring (bicyclic) bond motifs is 2. The molecular weight excluding hydrogens is 344 g/mol. The Hall–Kier alpha value is -3.35. The number of H-pyrrole nitrogens is 1. The van der Waals surface area contributed by atoms with Gasteiger partial charge in [-0.25, -0.2) is 14.8 Å². The standard InChI is InChI=1S/C20H20N4O3/c1-26-14-6-5-12-3-4-13(15(12)9-14)7-8-21-18-16-10-17(20(25)27-2)24-19(16)23-11-22-18/h4-6,9-11H,3,7-8H2,1-2H3,(H2,21,22,23,24). The van der Waals surface area contributed by atoms with E-state index in [4.69, 9.17) is 9.47 Å². The molecule has 0 amide bonds. The van der Waals surface area contributed by atoms with Gasteiger partial charge in [-0.3, -0.25) is 0 Å². The molecule has 3 aromatic rings. The Balaban J connectivity index is 1.48. The minimum absolute atomic E-state index is 0.357. The average molecular weight is 364 g/mol. The summed E-state index contributed by atoms with van der Waals surface area (Å²) in [6.07, 6.45) is 5.54. The monoisotopic (exact) mass is 364 g/mol. The van der Waals surface area contributed by atoms with Gasteiger partial charge in [-0.2, -0.15) is 0 Å². The van der Waals surface area contributed by atoms with E-state index in [-0.39, 0.29) is 0 Å². The lowest BCUT2D eigenvalue weighted by Crippen LogP contribution is -2.04. The number of methoxy groups -OCH3 is 2. The number of carbonyl (C=O) groups is 1. The van der Waals surface area contributed by atoms with Crippen molar-refractivity contribution in [2.24, 2.45) is 0 Å². The number of hydrogen-bond acceptors (Lipinski definition) is 6. The lowest BCUT2D eigenvalue weighted by atomic mass is 10.0. The van der Waals surface area contributed by atoms with Crippen molar-refractivity contribution in [1.29, 1.82) is 0 Å². The van der Waals surface area contributed by atoms with Crippen LogP contribution >= 0.6 is 0 Å². The number of anilines is 1. The van der Waals surface area contributed by atoms with Crippen molar-refractivity contribution >= 4 is 28.4 Å². The molecule has 0 bridgehead atoms. The van der Waals surface area contributed by atoms with Gasteiger partial charge in [-0.1, -0.05) is 12.1 Å². The Morgan fingerprint density at radius 3 is 2.96 bits per heavy atom. The number of ether oxygens (including phenoxy) is 2. The number of carbonyl (C=O) groups excluding carboxylic acids is 1. The summed E-state index contributed by atoms with van der Waals surface area (Å²) in [5.74, 6) is 1.13. The van der Waals surface area contributed by atoms with E-state index in [0.29, 0.717) is 23.7 Å². The van der Waals surface area contributed by atoms with Crippen LogP contribution in [0.15, 0.2) is 36.7 Å². The van der Waals surface area contributed by atoms with Crippen molar-refractivity contribution in [2.75, 3.05) is 26.1 Å². The zero-order valence-corrected chi connectivity index (χ0v) is 15.2. The van der Waals surface area contributed by atoms with Crippen LogP contribution in [0.3, 0.4) is 0 Å². The number of allylic oxidation sites excluding steroid dienone is 1. The molecule has 0 aliphatic heterocycles. The molecular formula is C20H20N4O3. The minimum atomic E-state index is -0.430. The van der Waals surface area contributed by atoms with Gasteiger partial charge in [0.25, 0.3) is 0 Å². The maximum Gasteiger partial charge on any atom is 0.354 e. The third kappa shape index (κ3) is 3.23. The van der Waals surface area contributed by atoms with E-state index in [0.717, 1.165) is 24.0 Å². The van der Waals surface area contributed by atoms with E-state index in [9.17, 15) is 4.79 Å². The van der Waals surface area contributed by atoms with Gasteiger partial charge >= 0.3 is 5.97 Å². The van der Waals surface area contributed by atoms with Gasteiger partial charge in [0.05, 0.1) is 19.6 Å². The predicted octanol–water partition coefficient (Wildman–Crippen LogP) is 3.19. The summed E-state index contributed by atoms with van der Waals surface area (Å²) in [4.78, 5) is 23.1. The lowest BCUT2D eigenvalue weighted by Gasteiger charge is -2.10. The van der Waals surface area contributed by atoms with Crippen molar-refractivity contribution < 1.29 is 14.3 Å². The Bertz CT molecular complexity index is 1040. The highest BCUT2D eigenvalue weighted by molar-refractivity contribution is 5.97. The molecule has 1 aromatic carbocycles. The van der Waals surface area contributed by atoms with Crippen LogP contribution in [0, 0.1) is 0 Å². The maximum absolute atomic E-state index is 11.7. The molecule has 1 aliphatic rings. The fourth-order valence-corrected chi connectivity index (χ4v) is 3.36. The molecule has 2 N–H and O–H groups in total. The normalized spacial score (nSPS) is 12.6. The number of aromatic nitrogens is 3. The van der Waals surface area contributed by atoms with Crippen molar-refractivity contribution in [3.63, 3.8) is 0 Å². The number of nitrogens with one attached hydrogen (secondary N) is 2. The fourth-order valence-electron chi connectivity index (χ4n) is 3.36. The van der Waals surface area contributed by atoms with Crippen LogP contribution in [0.25, 0.3) is 16.6 Å². The third-order valence-electron chi connectivity index (χ3n) is 4.75. The quantitative estimate of drug-likeness (QED) is 0.653. The minimum Gasteiger partial charge on any atom is -0.497 e. The van der Waals surface area contributed by atoms with Crippen molar-refractivity contribution in [3.05, 3.63) is 53.5 Å². The van der Waals surface area contributed by atoms with E-state index in [2.05, 4.69) is 38.5 Å². The smallest absolute Gasteiger partial charge is 0.354 e. The number of hydrogen-bond donors (Lipinski definition) is 2. The molecule has 2 aromatic heterocycles. The molecule has 1 aliphatic carbocycles. The van der Waals surface area contributed by atoms with Crippen LogP contribution in [0.4, 0.5) is 5.82 Å². The fraction of sp³-hybridized carbons (Fsp3) is 0.250. The van der Waals surface area contributed by atoms with Crippen molar-refractivity contribution in [1.82, 2.24) is 15.0 Å². The van der Waals surface area contributed by atoms with Crippen molar-refractivity contribution in [2.45, 2.75) is 12.8 Å². The molecule has 0 spiro atoms. The summed E-state index contributed by atoms with van der Waals surface area (Å²) < 4.78 is 10.1. The highest BCUT2D eigenvalue weighted by Gasteiger charge is 2.16. The van der Waals surface area contributed by atoms with Gasteiger partial charge in [0.1, 0.15) is 29.2 Å². The number of nitrogens with zero attached hydrogens (tertiary/aromatic N) is 2. The third-order valence-corrected chi connectivity index (χ3v) is 4.75. The molecule has 0 fully saturated rings. The van der Waals surface area contributed by atoms with Crippen LogP contribution < -0.4 is 10.1 Å². The Kier molecular flexibility index (Phi) is 4.50. The van der Waals surface area contributed by atoms with Crippen LogP contribution in [0.2, 0.25) is 0 Å². The van der Waals surface area contributed by atoms with Crippen LogP contribution in [0.5, 0.6) is 5.75 Å². The summed E-state index contributed by atoms with van der Waals surface area (Å²) in [7, 11) is 3.03. The van der Waals surface area contributed by atoms with Gasteiger partial charge in [-0.05, 0) is 47.7 Å².